The summed E-state index contributed by atoms with van der Waals surface area (Å²) in [6.45, 7) is 2.67. The summed E-state index contributed by atoms with van der Waals surface area (Å²) in [5, 5.41) is 4.88. The first kappa shape index (κ1) is 14.0. The molecule has 0 amide bonds. The number of aromatic nitrogens is 1. The summed E-state index contributed by atoms with van der Waals surface area (Å²) in [6.07, 6.45) is 1.87. The lowest BCUT2D eigenvalue weighted by Gasteiger charge is -2.13. The molecule has 0 atom stereocenters. The lowest BCUT2D eigenvalue weighted by Crippen LogP contribution is -2.01. The maximum Gasteiger partial charge on any atom is 0.143 e. The molecule has 0 unspecified atom stereocenters. The summed E-state index contributed by atoms with van der Waals surface area (Å²) in [6, 6.07) is 3.57. The number of thiazole rings is 1. The van der Waals surface area contributed by atoms with Crippen LogP contribution in [0.2, 0.25) is 5.02 Å². The number of benzene rings is 1. The lowest BCUT2D eigenvalue weighted by molar-refractivity contribution is 0.404. The molecule has 19 heavy (non-hydrogen) atoms. The Labute approximate surface area is 121 Å². The molecule has 1 N–H and O–H groups in total. The minimum atomic E-state index is 0.526. The van der Waals surface area contributed by atoms with E-state index in [4.69, 9.17) is 21.1 Å². The summed E-state index contributed by atoms with van der Waals surface area (Å²) in [5.41, 5.74) is 0.842. The van der Waals surface area contributed by atoms with Gasteiger partial charge in [0.1, 0.15) is 11.5 Å². The first-order valence-corrected chi connectivity index (χ1v) is 6.90. The molecule has 1 aromatic carbocycles. The van der Waals surface area contributed by atoms with Crippen LogP contribution < -0.4 is 14.8 Å². The number of hydrogen-bond acceptors (Lipinski definition) is 5. The number of hydrogen-bond donors (Lipinski definition) is 1. The van der Waals surface area contributed by atoms with Gasteiger partial charge in [0.15, 0.2) is 0 Å². The molecular formula is C13H15ClN2O2S. The molecule has 2 aromatic rings. The summed E-state index contributed by atoms with van der Waals surface area (Å²) in [5.74, 6) is 1.30. The van der Waals surface area contributed by atoms with Crippen LogP contribution in [0, 0.1) is 6.92 Å². The van der Waals surface area contributed by atoms with Crippen LogP contribution in [-0.4, -0.2) is 19.2 Å². The van der Waals surface area contributed by atoms with Gasteiger partial charge in [0.25, 0.3) is 0 Å². The number of rotatable bonds is 5. The van der Waals surface area contributed by atoms with Gasteiger partial charge in [-0.25, -0.2) is 4.98 Å². The fourth-order valence-electron chi connectivity index (χ4n) is 1.67. The third-order valence-corrected chi connectivity index (χ3v) is 3.80. The third kappa shape index (κ3) is 3.30. The zero-order chi connectivity index (χ0) is 13.8. The second-order valence-corrected chi connectivity index (χ2v) is 5.61. The van der Waals surface area contributed by atoms with Crippen molar-refractivity contribution in [1.29, 1.82) is 0 Å². The van der Waals surface area contributed by atoms with Crippen molar-refractivity contribution in [3.8, 4) is 11.5 Å². The van der Waals surface area contributed by atoms with Crippen LogP contribution >= 0.6 is 22.9 Å². The van der Waals surface area contributed by atoms with Crippen molar-refractivity contribution in [2.75, 3.05) is 19.5 Å². The van der Waals surface area contributed by atoms with Gasteiger partial charge in [0.05, 0.1) is 36.5 Å². The zero-order valence-electron chi connectivity index (χ0n) is 11.0. The maximum absolute atomic E-state index is 6.06. The van der Waals surface area contributed by atoms with Crippen LogP contribution in [0.5, 0.6) is 11.5 Å². The molecule has 0 bridgehead atoms. The van der Waals surface area contributed by atoms with Crippen LogP contribution in [0.4, 0.5) is 5.69 Å². The Balaban J connectivity index is 2.18. The lowest BCUT2D eigenvalue weighted by atomic mass is 10.2. The molecule has 102 valence electrons. The number of ether oxygens (including phenoxy) is 2. The Kier molecular flexibility index (Phi) is 4.50. The predicted octanol–water partition coefficient (Wildman–Crippen LogP) is 3.73. The Hall–Kier alpha value is -1.46. The van der Waals surface area contributed by atoms with Crippen LogP contribution in [0.15, 0.2) is 18.3 Å². The smallest absolute Gasteiger partial charge is 0.143 e. The van der Waals surface area contributed by atoms with Gasteiger partial charge in [-0.1, -0.05) is 11.6 Å². The van der Waals surface area contributed by atoms with Gasteiger partial charge >= 0.3 is 0 Å². The van der Waals surface area contributed by atoms with Gasteiger partial charge in [-0.05, 0) is 6.92 Å². The van der Waals surface area contributed by atoms with E-state index in [0.717, 1.165) is 15.6 Å². The molecule has 1 heterocycles. The fraction of sp³-hybridized carbons (Fsp3) is 0.308. The molecule has 0 saturated carbocycles. The quantitative estimate of drug-likeness (QED) is 0.913. The van der Waals surface area contributed by atoms with E-state index >= 15 is 0 Å². The molecule has 0 aliphatic carbocycles. The van der Waals surface area contributed by atoms with Gasteiger partial charge in [-0.2, -0.15) is 0 Å². The topological polar surface area (TPSA) is 43.4 Å². The van der Waals surface area contributed by atoms with Crippen molar-refractivity contribution in [3.05, 3.63) is 33.2 Å². The number of methoxy groups -OCH3 is 2. The highest BCUT2D eigenvalue weighted by Gasteiger charge is 2.10. The van der Waals surface area contributed by atoms with Gasteiger partial charge in [0, 0.05) is 23.2 Å². The van der Waals surface area contributed by atoms with E-state index in [1.807, 2.05) is 19.2 Å². The fourth-order valence-corrected chi connectivity index (χ4v) is 2.63. The molecule has 0 aliphatic rings. The molecule has 4 nitrogen and oxygen atoms in total. The van der Waals surface area contributed by atoms with E-state index < -0.39 is 0 Å². The van der Waals surface area contributed by atoms with E-state index in [1.54, 1.807) is 31.6 Å². The average Bonchev–Trinajstić information content (AvgIpc) is 2.82. The van der Waals surface area contributed by atoms with Crippen LogP contribution in [-0.2, 0) is 6.54 Å². The SMILES string of the molecule is COc1cc(NCc2cnc(C)s2)c(OC)cc1Cl. The molecule has 6 heteroatoms. The molecule has 1 aromatic heterocycles. The van der Waals surface area contributed by atoms with Crippen LogP contribution in [0.1, 0.15) is 9.88 Å². The van der Waals surface area contributed by atoms with Crippen molar-refractivity contribution < 1.29 is 9.47 Å². The van der Waals surface area contributed by atoms with E-state index in [-0.39, 0.29) is 0 Å². The second-order valence-electron chi connectivity index (χ2n) is 3.89. The standard InChI is InChI=1S/C13H15ClN2O2S/c1-8-15-6-9(19-8)7-16-11-5-12(17-2)10(14)4-13(11)18-3/h4-6,16H,7H2,1-3H3. The average molecular weight is 299 g/mol. The van der Waals surface area contributed by atoms with Gasteiger partial charge < -0.3 is 14.8 Å². The van der Waals surface area contributed by atoms with E-state index in [9.17, 15) is 0 Å². The normalized spacial score (nSPS) is 10.3. The van der Waals surface area contributed by atoms with E-state index in [1.165, 1.54) is 0 Å². The molecule has 0 saturated heterocycles. The first-order chi connectivity index (χ1) is 9.13. The van der Waals surface area contributed by atoms with Crippen LogP contribution in [0.3, 0.4) is 0 Å². The van der Waals surface area contributed by atoms with Crippen LogP contribution in [0.25, 0.3) is 0 Å². The van der Waals surface area contributed by atoms with Gasteiger partial charge in [0.2, 0.25) is 0 Å². The summed E-state index contributed by atoms with van der Waals surface area (Å²) < 4.78 is 10.5. The Morgan fingerprint density at radius 2 is 2.00 bits per heavy atom. The summed E-state index contributed by atoms with van der Waals surface area (Å²) >= 11 is 7.72. The minimum Gasteiger partial charge on any atom is -0.495 e. The zero-order valence-corrected chi connectivity index (χ0v) is 12.6. The Bertz CT molecular complexity index is 572. The number of nitrogens with zero attached hydrogens (tertiary/aromatic N) is 1. The second kappa shape index (κ2) is 6.12. The third-order valence-electron chi connectivity index (χ3n) is 2.60. The number of nitrogens with one attached hydrogen (secondary N) is 1. The highest BCUT2D eigenvalue weighted by Crippen LogP contribution is 2.36. The van der Waals surface area contributed by atoms with E-state index in [0.29, 0.717) is 23.1 Å². The molecule has 0 spiro atoms. The molecule has 2 rings (SSSR count). The highest BCUT2D eigenvalue weighted by atomic mass is 35.5. The monoisotopic (exact) mass is 298 g/mol. The number of aryl methyl sites for hydroxylation is 1. The van der Waals surface area contributed by atoms with Crippen molar-refractivity contribution in [2.45, 2.75) is 13.5 Å². The largest absolute Gasteiger partial charge is 0.495 e. The van der Waals surface area contributed by atoms with Crippen molar-refractivity contribution >= 4 is 28.6 Å². The maximum atomic E-state index is 6.06. The van der Waals surface area contributed by atoms with Crippen molar-refractivity contribution in [1.82, 2.24) is 4.98 Å². The Morgan fingerprint density at radius 3 is 2.58 bits per heavy atom. The predicted molar refractivity (Wildman–Crippen MR) is 78.7 cm³/mol. The van der Waals surface area contributed by atoms with Gasteiger partial charge in [-0.3, -0.25) is 0 Å². The molecule has 0 radical (unpaired) electrons. The van der Waals surface area contributed by atoms with Crippen molar-refractivity contribution in [2.24, 2.45) is 0 Å². The Morgan fingerprint density at radius 1 is 1.26 bits per heavy atom. The highest BCUT2D eigenvalue weighted by molar-refractivity contribution is 7.11. The molecule has 0 fully saturated rings. The molecule has 0 aliphatic heterocycles. The van der Waals surface area contributed by atoms with Crippen molar-refractivity contribution in [3.63, 3.8) is 0 Å². The number of anilines is 1. The molecular weight excluding hydrogens is 284 g/mol. The summed E-state index contributed by atoms with van der Waals surface area (Å²) in [7, 11) is 3.20. The number of halogens is 1. The van der Waals surface area contributed by atoms with E-state index in [2.05, 4.69) is 10.3 Å². The minimum absolute atomic E-state index is 0.526. The first-order valence-electron chi connectivity index (χ1n) is 5.70. The summed E-state index contributed by atoms with van der Waals surface area (Å²) in [4.78, 5) is 5.38. The van der Waals surface area contributed by atoms with Gasteiger partial charge in [-0.15, -0.1) is 11.3 Å².